The van der Waals surface area contributed by atoms with Crippen molar-refractivity contribution in [3.63, 3.8) is 0 Å². The van der Waals surface area contributed by atoms with Crippen molar-refractivity contribution in [2.45, 2.75) is 51.9 Å². The molecule has 0 heterocycles. The summed E-state index contributed by atoms with van der Waals surface area (Å²) in [6.45, 7) is 9.08. The highest BCUT2D eigenvalue weighted by atomic mass is 16.7. The summed E-state index contributed by atoms with van der Waals surface area (Å²) in [6, 6.07) is 20.5. The van der Waals surface area contributed by atoms with E-state index in [1.165, 1.54) is 5.56 Å². The summed E-state index contributed by atoms with van der Waals surface area (Å²) >= 11 is 0. The van der Waals surface area contributed by atoms with Crippen LogP contribution in [-0.4, -0.2) is 44.3 Å². The van der Waals surface area contributed by atoms with E-state index in [1.54, 1.807) is 0 Å². The van der Waals surface area contributed by atoms with Gasteiger partial charge in [-0.2, -0.15) is 0 Å². The predicted molar refractivity (Wildman–Crippen MR) is 151 cm³/mol. The molecular formula is C34H41NO4. The predicted octanol–water partition coefficient (Wildman–Crippen LogP) is 6.16. The van der Waals surface area contributed by atoms with E-state index >= 15 is 0 Å². The summed E-state index contributed by atoms with van der Waals surface area (Å²) in [6.07, 6.45) is 5.56. The number of ketones is 1. The van der Waals surface area contributed by atoms with Crippen LogP contribution in [0.1, 0.15) is 43.7 Å². The van der Waals surface area contributed by atoms with Gasteiger partial charge in [-0.25, -0.2) is 0 Å². The van der Waals surface area contributed by atoms with Crippen molar-refractivity contribution in [2.75, 3.05) is 27.5 Å². The molecule has 5 heteroatoms. The van der Waals surface area contributed by atoms with Crippen LogP contribution in [0.15, 0.2) is 84.6 Å². The molecule has 0 radical (unpaired) electrons. The van der Waals surface area contributed by atoms with Crippen LogP contribution in [0.3, 0.4) is 0 Å². The summed E-state index contributed by atoms with van der Waals surface area (Å²) in [5, 5.41) is 0. The number of ether oxygens (including phenoxy) is 3. The third kappa shape index (κ3) is 3.96. The number of allylic oxidation sites excluding steroid dienone is 1. The minimum Gasteiger partial charge on any atom is -0.383 e. The van der Waals surface area contributed by atoms with E-state index in [0.717, 1.165) is 49.0 Å². The van der Waals surface area contributed by atoms with Gasteiger partial charge in [0.05, 0.1) is 31.3 Å². The van der Waals surface area contributed by atoms with Gasteiger partial charge in [-0.15, -0.1) is 0 Å². The first kappa shape index (κ1) is 26.5. The van der Waals surface area contributed by atoms with Crippen LogP contribution < -0.4 is 0 Å². The Kier molecular flexibility index (Phi) is 6.81. The smallest absolute Gasteiger partial charge is 0.173 e. The van der Waals surface area contributed by atoms with Crippen LogP contribution in [0, 0.1) is 28.1 Å². The molecule has 0 unspecified atom stereocenters. The number of carbonyl (C=O) groups excluding carboxylic acids is 1. The zero-order valence-electron chi connectivity index (χ0n) is 23.5. The summed E-state index contributed by atoms with van der Waals surface area (Å²) in [5.41, 5.74) is 3.43. The maximum absolute atomic E-state index is 14.3. The van der Waals surface area contributed by atoms with E-state index in [0.29, 0.717) is 25.0 Å². The molecule has 0 saturated heterocycles. The second-order valence-electron chi connectivity index (χ2n) is 12.5. The molecule has 6 atom stereocenters. The number of rotatable bonds is 11. The SMILES string of the molecule is C=C1[C@@]23C(=O)/C(=C/N(C)C)CC[C@@]2(C)[C@]1([C@@H]1C[C@H]1COCc1ccccc1)C[C@@H]3OCOCc1ccccc1. The van der Waals surface area contributed by atoms with Crippen LogP contribution in [0.25, 0.3) is 0 Å². The Labute approximate surface area is 232 Å². The van der Waals surface area contributed by atoms with Crippen LogP contribution in [-0.2, 0) is 32.2 Å². The molecule has 7 rings (SSSR count). The zero-order chi connectivity index (χ0) is 27.3. The van der Waals surface area contributed by atoms with Gasteiger partial charge in [-0.1, -0.05) is 79.7 Å². The third-order valence-corrected chi connectivity index (χ3v) is 10.3. The Morgan fingerprint density at radius 1 is 1.00 bits per heavy atom. The molecule has 2 aromatic rings. The molecule has 1 spiro atoms. The first-order valence-corrected chi connectivity index (χ1v) is 14.3. The van der Waals surface area contributed by atoms with Gasteiger partial charge >= 0.3 is 0 Å². The summed E-state index contributed by atoms with van der Waals surface area (Å²) in [5.74, 6) is 1.21. The number of carbonyl (C=O) groups is 1. The fraction of sp³-hybridized carbons (Fsp3) is 0.500. The van der Waals surface area contributed by atoms with Crippen LogP contribution in [0.5, 0.6) is 0 Å². The highest BCUT2D eigenvalue weighted by Gasteiger charge is 2.88. The minimum absolute atomic E-state index is 0.0722. The van der Waals surface area contributed by atoms with Crippen LogP contribution >= 0.6 is 0 Å². The Hall–Kier alpha value is -2.73. The van der Waals surface area contributed by atoms with Crippen molar-refractivity contribution in [3.05, 3.63) is 95.7 Å². The quantitative estimate of drug-likeness (QED) is 0.152. The van der Waals surface area contributed by atoms with Gasteiger partial charge in [-0.05, 0) is 54.1 Å². The molecule has 2 aromatic carbocycles. The van der Waals surface area contributed by atoms with Crippen LogP contribution in [0.4, 0.5) is 0 Å². The second-order valence-corrected chi connectivity index (χ2v) is 12.5. The Bertz CT molecular complexity index is 1260. The molecule has 39 heavy (non-hydrogen) atoms. The third-order valence-electron chi connectivity index (χ3n) is 10.3. The summed E-state index contributed by atoms with van der Waals surface area (Å²) in [7, 11) is 3.96. The number of benzene rings is 2. The molecule has 0 aromatic heterocycles. The topological polar surface area (TPSA) is 48.0 Å². The van der Waals surface area contributed by atoms with Crippen molar-refractivity contribution in [1.82, 2.24) is 4.90 Å². The van der Waals surface area contributed by atoms with Crippen molar-refractivity contribution >= 4 is 5.78 Å². The zero-order valence-corrected chi connectivity index (χ0v) is 23.5. The van der Waals surface area contributed by atoms with E-state index in [2.05, 4.69) is 49.9 Å². The van der Waals surface area contributed by atoms with E-state index < -0.39 is 5.41 Å². The number of hydrogen-bond acceptors (Lipinski definition) is 5. The van der Waals surface area contributed by atoms with E-state index in [9.17, 15) is 4.79 Å². The fourth-order valence-electron chi connectivity index (χ4n) is 8.56. The molecule has 5 saturated carbocycles. The Morgan fingerprint density at radius 2 is 1.64 bits per heavy atom. The summed E-state index contributed by atoms with van der Waals surface area (Å²) in [4.78, 5) is 16.3. The number of Topliss-reactive ketones (excluding diaryl/α,β-unsaturated/α-hetero) is 1. The van der Waals surface area contributed by atoms with Crippen molar-refractivity contribution < 1.29 is 19.0 Å². The second kappa shape index (κ2) is 10.0. The average molecular weight is 528 g/mol. The van der Waals surface area contributed by atoms with Gasteiger partial charge in [0.25, 0.3) is 0 Å². The van der Waals surface area contributed by atoms with E-state index in [-0.39, 0.29) is 29.5 Å². The van der Waals surface area contributed by atoms with E-state index in [1.807, 2.05) is 49.5 Å². The summed E-state index contributed by atoms with van der Waals surface area (Å²) < 4.78 is 18.6. The molecule has 0 N–H and O–H groups in total. The maximum Gasteiger partial charge on any atom is 0.173 e. The Balaban J connectivity index is 1.19. The normalized spacial score (nSPS) is 35.6. The van der Waals surface area contributed by atoms with Gasteiger partial charge in [0, 0.05) is 31.3 Å². The number of hydrogen-bond donors (Lipinski definition) is 0. The lowest BCUT2D eigenvalue weighted by Gasteiger charge is -2.68. The monoisotopic (exact) mass is 527 g/mol. The average Bonchev–Trinajstić information content (AvgIpc) is 3.59. The molecule has 206 valence electrons. The minimum atomic E-state index is -0.665. The maximum atomic E-state index is 14.3. The molecule has 0 aliphatic heterocycles. The standard InChI is InChI=1S/C34H41NO4/c1-24-33(29-17-28(29)22-37-20-25-11-7-5-8-12-25)18-30(39-23-38-21-26-13-9-6-10-14-26)34(24)31(36)27(19-35(3)4)15-16-32(33,34)2/h5-14,19,28-30H,1,15-18,20-23H2,2-4H3/b27-19+/t28-,29+,30-,32-,33+,34+/m0/s1. The van der Waals surface area contributed by atoms with Crippen molar-refractivity contribution in [3.8, 4) is 0 Å². The molecule has 5 aliphatic rings. The highest BCUT2D eigenvalue weighted by Crippen LogP contribution is 2.89. The van der Waals surface area contributed by atoms with Crippen LogP contribution in [0.2, 0.25) is 0 Å². The molecule has 2 bridgehead atoms. The van der Waals surface area contributed by atoms with E-state index in [4.69, 9.17) is 14.2 Å². The van der Waals surface area contributed by atoms with Crippen molar-refractivity contribution in [1.29, 1.82) is 0 Å². The fourth-order valence-corrected chi connectivity index (χ4v) is 8.56. The molecule has 5 aliphatic carbocycles. The molecule has 5 nitrogen and oxygen atoms in total. The lowest BCUT2D eigenvalue weighted by Crippen LogP contribution is -2.68. The van der Waals surface area contributed by atoms with Gasteiger partial charge < -0.3 is 19.1 Å². The lowest BCUT2D eigenvalue weighted by atomic mass is 9.34. The van der Waals surface area contributed by atoms with Crippen molar-refractivity contribution in [2.24, 2.45) is 28.1 Å². The molecule has 0 amide bonds. The number of fused-ring (bicyclic) bond motifs is 1. The number of nitrogens with zero attached hydrogens (tertiary/aromatic N) is 1. The first-order chi connectivity index (χ1) is 18.8. The Morgan fingerprint density at radius 3 is 2.28 bits per heavy atom. The first-order valence-electron chi connectivity index (χ1n) is 14.3. The largest absolute Gasteiger partial charge is 0.383 e. The van der Waals surface area contributed by atoms with Gasteiger partial charge in [0.15, 0.2) is 5.78 Å². The molecular weight excluding hydrogens is 486 g/mol. The molecule has 5 fully saturated rings. The highest BCUT2D eigenvalue weighted by molar-refractivity contribution is 6.07. The van der Waals surface area contributed by atoms with Gasteiger partial charge in [0.1, 0.15) is 6.79 Å². The van der Waals surface area contributed by atoms with Gasteiger partial charge in [0.2, 0.25) is 0 Å². The lowest BCUT2D eigenvalue weighted by molar-refractivity contribution is -0.177. The van der Waals surface area contributed by atoms with Gasteiger partial charge in [-0.3, -0.25) is 4.79 Å².